The molecule has 12 heavy (non-hydrogen) atoms. The van der Waals surface area contributed by atoms with Crippen molar-refractivity contribution >= 4 is 33.8 Å². The van der Waals surface area contributed by atoms with Crippen molar-refractivity contribution in [2.24, 2.45) is 12.2 Å². The summed E-state index contributed by atoms with van der Waals surface area (Å²) in [7, 11) is -2.26. The molecule has 1 aromatic rings. The zero-order chi connectivity index (χ0) is 8.65. The van der Waals surface area contributed by atoms with Crippen molar-refractivity contribution in [1.82, 2.24) is 9.78 Å². The van der Waals surface area contributed by atoms with E-state index < -0.39 is 10.0 Å². The number of nitrogens with zero attached hydrogens (tertiary/aromatic N) is 2. The molecule has 0 saturated heterocycles. The van der Waals surface area contributed by atoms with Crippen LogP contribution in [0, 0.1) is 5.41 Å². The topological polar surface area (TPSA) is 102 Å². The SMILES string of the molecule is Cl.Cn1nc(S(N)(=O)=O)sc1=N. The zero-order valence-corrected chi connectivity index (χ0v) is 8.46. The number of aryl methyl sites for hydroxylation is 1. The second-order valence-corrected chi connectivity index (χ2v) is 4.55. The van der Waals surface area contributed by atoms with E-state index in [-0.39, 0.29) is 21.5 Å². The van der Waals surface area contributed by atoms with Crippen molar-refractivity contribution < 1.29 is 8.42 Å². The normalized spacial score (nSPS) is 10.8. The molecular formula is C3H7ClN4O2S2. The lowest BCUT2D eigenvalue weighted by atomic mass is 11.2. The second-order valence-electron chi connectivity index (χ2n) is 1.84. The van der Waals surface area contributed by atoms with Gasteiger partial charge in [0.2, 0.25) is 9.14 Å². The monoisotopic (exact) mass is 230 g/mol. The summed E-state index contributed by atoms with van der Waals surface area (Å²) < 4.78 is 22.2. The maximum Gasteiger partial charge on any atom is 0.267 e. The van der Waals surface area contributed by atoms with Gasteiger partial charge in [-0.25, -0.2) is 18.2 Å². The number of aromatic nitrogens is 2. The molecule has 0 aliphatic carbocycles. The molecule has 0 spiro atoms. The number of rotatable bonds is 1. The fourth-order valence-corrected chi connectivity index (χ4v) is 1.89. The van der Waals surface area contributed by atoms with Gasteiger partial charge >= 0.3 is 0 Å². The van der Waals surface area contributed by atoms with E-state index in [1.54, 1.807) is 0 Å². The molecule has 0 aliphatic rings. The Morgan fingerprint density at radius 1 is 1.67 bits per heavy atom. The Balaban J connectivity index is 0.00000121. The Kier molecular flexibility index (Phi) is 3.39. The molecule has 70 valence electrons. The number of primary sulfonamides is 1. The fraction of sp³-hybridized carbons (Fsp3) is 0.333. The lowest BCUT2D eigenvalue weighted by Crippen LogP contribution is -2.13. The van der Waals surface area contributed by atoms with Crippen LogP contribution in [-0.4, -0.2) is 18.2 Å². The molecule has 0 aromatic carbocycles. The van der Waals surface area contributed by atoms with Gasteiger partial charge in [0.05, 0.1) is 0 Å². The van der Waals surface area contributed by atoms with Gasteiger partial charge < -0.3 is 0 Å². The van der Waals surface area contributed by atoms with E-state index in [4.69, 9.17) is 10.5 Å². The van der Waals surface area contributed by atoms with Gasteiger partial charge in [-0.2, -0.15) is 0 Å². The standard InChI is InChI=1S/C3H6N4O2S2.ClH/c1-7-2(4)10-3(6-7)11(5,8)9;/h4H,1H3,(H2,5,8,9);1H. The first-order valence-electron chi connectivity index (χ1n) is 2.53. The maximum atomic E-state index is 10.6. The molecule has 0 fully saturated rings. The fourth-order valence-electron chi connectivity index (χ4n) is 0.452. The minimum absolute atomic E-state index is 0. The first-order valence-corrected chi connectivity index (χ1v) is 4.89. The lowest BCUT2D eigenvalue weighted by molar-refractivity contribution is 0.590. The van der Waals surface area contributed by atoms with Crippen molar-refractivity contribution in [3.05, 3.63) is 4.80 Å². The van der Waals surface area contributed by atoms with E-state index in [0.717, 1.165) is 16.0 Å². The largest absolute Gasteiger partial charge is 0.274 e. The van der Waals surface area contributed by atoms with E-state index in [1.165, 1.54) is 7.05 Å². The maximum absolute atomic E-state index is 10.6. The van der Waals surface area contributed by atoms with Gasteiger partial charge in [0.1, 0.15) is 0 Å². The molecule has 9 heteroatoms. The first-order chi connectivity index (χ1) is 4.91. The van der Waals surface area contributed by atoms with Crippen LogP contribution in [0.5, 0.6) is 0 Å². The van der Waals surface area contributed by atoms with Crippen LogP contribution in [0.1, 0.15) is 0 Å². The molecule has 3 N–H and O–H groups in total. The van der Waals surface area contributed by atoms with Gasteiger partial charge in [-0.1, -0.05) is 11.3 Å². The Bertz CT molecular complexity index is 418. The zero-order valence-electron chi connectivity index (χ0n) is 6.01. The number of sulfonamides is 1. The predicted octanol–water partition coefficient (Wildman–Crippen LogP) is -0.970. The van der Waals surface area contributed by atoms with Crippen LogP contribution in [0.15, 0.2) is 4.34 Å². The average Bonchev–Trinajstić information content (AvgIpc) is 2.11. The summed E-state index contributed by atoms with van der Waals surface area (Å²) in [6.45, 7) is 0. The van der Waals surface area contributed by atoms with Crippen LogP contribution >= 0.6 is 23.7 Å². The van der Waals surface area contributed by atoms with Gasteiger partial charge in [-0.15, -0.1) is 17.5 Å². The molecule has 1 rings (SSSR count). The van der Waals surface area contributed by atoms with Crippen LogP contribution in [0.3, 0.4) is 0 Å². The highest BCUT2D eigenvalue weighted by Crippen LogP contribution is 2.02. The third kappa shape index (κ3) is 2.27. The summed E-state index contributed by atoms with van der Waals surface area (Å²) in [5.41, 5.74) is 0. The third-order valence-corrected chi connectivity index (χ3v) is 3.18. The molecule has 0 saturated carbocycles. The molecule has 1 aromatic heterocycles. The van der Waals surface area contributed by atoms with E-state index in [2.05, 4.69) is 5.10 Å². The van der Waals surface area contributed by atoms with Gasteiger partial charge in [0.15, 0.2) is 0 Å². The number of hydrogen-bond donors (Lipinski definition) is 2. The van der Waals surface area contributed by atoms with Crippen molar-refractivity contribution in [1.29, 1.82) is 5.41 Å². The van der Waals surface area contributed by atoms with Crippen LogP contribution in [0.2, 0.25) is 0 Å². The Hall–Kier alpha value is -0.440. The van der Waals surface area contributed by atoms with Crippen molar-refractivity contribution in [3.8, 4) is 0 Å². The highest BCUT2D eigenvalue weighted by Gasteiger charge is 2.12. The predicted molar refractivity (Wildman–Crippen MR) is 45.6 cm³/mol. The molecule has 0 unspecified atom stereocenters. The summed E-state index contributed by atoms with van der Waals surface area (Å²) in [6.07, 6.45) is 0. The second kappa shape index (κ2) is 3.52. The molecule has 0 radical (unpaired) electrons. The van der Waals surface area contributed by atoms with Crippen LogP contribution in [0.4, 0.5) is 0 Å². The van der Waals surface area contributed by atoms with Gasteiger partial charge in [-0.05, 0) is 0 Å². The van der Waals surface area contributed by atoms with E-state index in [9.17, 15) is 8.42 Å². The number of hydrogen-bond acceptors (Lipinski definition) is 5. The minimum Gasteiger partial charge on any atom is -0.274 e. The summed E-state index contributed by atoms with van der Waals surface area (Å²) in [4.78, 5) is 0.0500. The molecule has 0 atom stereocenters. The third-order valence-electron chi connectivity index (χ3n) is 0.953. The highest BCUT2D eigenvalue weighted by atomic mass is 35.5. The molecule has 0 aliphatic heterocycles. The average molecular weight is 231 g/mol. The van der Waals surface area contributed by atoms with Gasteiger partial charge in [0, 0.05) is 7.05 Å². The number of nitrogens with two attached hydrogens (primary N) is 1. The van der Waals surface area contributed by atoms with Gasteiger partial charge in [0.25, 0.3) is 10.0 Å². The minimum atomic E-state index is -3.74. The summed E-state index contributed by atoms with van der Waals surface area (Å²) in [5, 5.41) is 15.4. The van der Waals surface area contributed by atoms with Crippen LogP contribution < -0.4 is 9.94 Å². The van der Waals surface area contributed by atoms with E-state index in [0.29, 0.717) is 0 Å². The van der Waals surface area contributed by atoms with Crippen LogP contribution in [0.25, 0.3) is 0 Å². The van der Waals surface area contributed by atoms with E-state index >= 15 is 0 Å². The molecule has 1 heterocycles. The summed E-state index contributed by atoms with van der Waals surface area (Å²) in [6, 6.07) is 0. The summed E-state index contributed by atoms with van der Waals surface area (Å²) >= 11 is 0.727. The van der Waals surface area contributed by atoms with Crippen molar-refractivity contribution in [2.75, 3.05) is 0 Å². The van der Waals surface area contributed by atoms with E-state index in [1.807, 2.05) is 0 Å². The van der Waals surface area contributed by atoms with Crippen molar-refractivity contribution in [3.63, 3.8) is 0 Å². The Morgan fingerprint density at radius 3 is 2.33 bits per heavy atom. The smallest absolute Gasteiger partial charge is 0.267 e. The number of nitrogens with one attached hydrogen (secondary N) is 1. The highest BCUT2D eigenvalue weighted by molar-refractivity contribution is 7.91. The van der Waals surface area contributed by atoms with Crippen molar-refractivity contribution in [2.45, 2.75) is 4.34 Å². The van der Waals surface area contributed by atoms with Gasteiger partial charge in [-0.3, -0.25) is 5.41 Å². The Morgan fingerprint density at radius 2 is 2.17 bits per heavy atom. The Labute approximate surface area is 79.0 Å². The lowest BCUT2D eigenvalue weighted by Gasteiger charge is -1.85. The van der Waals surface area contributed by atoms with Crippen LogP contribution in [-0.2, 0) is 17.1 Å². The first kappa shape index (κ1) is 11.6. The summed E-state index contributed by atoms with van der Waals surface area (Å²) in [5.74, 6) is 0. The molecular weight excluding hydrogens is 224 g/mol. The molecule has 0 amide bonds. The molecule has 6 nitrogen and oxygen atoms in total. The molecule has 0 bridgehead atoms. The quantitative estimate of drug-likeness (QED) is 0.649. The number of halogens is 1.